The number of thiazole rings is 1. The van der Waals surface area contributed by atoms with Gasteiger partial charge in [0.05, 0.1) is 35.9 Å². The molecule has 1 aliphatic heterocycles. The highest BCUT2D eigenvalue weighted by atomic mass is 32.1. The Balaban J connectivity index is 1.52. The number of aliphatic hydroxyl groups excluding tert-OH is 1. The Kier molecular flexibility index (Phi) is 4.71. The number of nitrogens with one attached hydrogen (secondary N) is 1. The third kappa shape index (κ3) is 3.48. The van der Waals surface area contributed by atoms with E-state index < -0.39 is 0 Å². The number of carbonyl (C=O) groups is 1. The van der Waals surface area contributed by atoms with E-state index in [9.17, 15) is 9.90 Å². The second-order valence-corrected chi connectivity index (χ2v) is 8.72. The Morgan fingerprint density at radius 2 is 2.23 bits per heavy atom. The first-order chi connectivity index (χ1) is 12.5. The number of hydrogen-bond donors (Lipinski definition) is 2. The van der Waals surface area contributed by atoms with Crippen LogP contribution in [0, 0.1) is 19.8 Å². The molecule has 26 heavy (non-hydrogen) atoms. The number of nitrogens with zero attached hydrogens (tertiary/aromatic N) is 1. The zero-order valence-corrected chi connectivity index (χ0v) is 15.9. The molecular weight excluding hydrogens is 348 g/mol. The van der Waals surface area contributed by atoms with E-state index in [1.165, 1.54) is 5.56 Å². The van der Waals surface area contributed by atoms with Crippen LogP contribution >= 0.6 is 11.3 Å². The topological polar surface area (TPSA) is 71.5 Å². The minimum atomic E-state index is -0.249. The second-order valence-electron chi connectivity index (χ2n) is 7.31. The Bertz CT molecular complexity index is 826. The summed E-state index contributed by atoms with van der Waals surface area (Å²) >= 11 is 1.62. The van der Waals surface area contributed by atoms with Gasteiger partial charge in [0.1, 0.15) is 5.75 Å². The number of ether oxygens (including phenoxy) is 1. The van der Waals surface area contributed by atoms with Crippen LogP contribution in [0.25, 0.3) is 0 Å². The zero-order valence-electron chi connectivity index (χ0n) is 15.1. The van der Waals surface area contributed by atoms with Crippen molar-refractivity contribution in [3.8, 4) is 5.75 Å². The van der Waals surface area contributed by atoms with E-state index in [2.05, 4.69) is 16.4 Å². The van der Waals surface area contributed by atoms with Crippen LogP contribution in [0.15, 0.2) is 18.2 Å². The predicted octanol–water partition coefficient (Wildman–Crippen LogP) is 2.87. The average Bonchev–Trinajstić information content (AvgIpc) is 3.15. The molecule has 1 amide bonds. The van der Waals surface area contributed by atoms with Gasteiger partial charge in [0.25, 0.3) is 0 Å². The van der Waals surface area contributed by atoms with Crippen molar-refractivity contribution in [1.82, 2.24) is 10.3 Å². The lowest BCUT2D eigenvalue weighted by molar-refractivity contribution is -0.122. The molecular formula is C20H24N2O3S. The summed E-state index contributed by atoms with van der Waals surface area (Å²) in [5.41, 5.74) is 3.16. The number of benzene rings is 1. The lowest BCUT2D eigenvalue weighted by Gasteiger charge is -2.38. The van der Waals surface area contributed by atoms with Crippen molar-refractivity contribution >= 4 is 17.2 Å². The Morgan fingerprint density at radius 3 is 2.92 bits per heavy atom. The molecule has 0 spiro atoms. The maximum atomic E-state index is 12.7. The van der Waals surface area contributed by atoms with Gasteiger partial charge in [-0.15, -0.1) is 11.3 Å². The van der Waals surface area contributed by atoms with Crippen molar-refractivity contribution in [3.05, 3.63) is 44.9 Å². The van der Waals surface area contributed by atoms with Crippen LogP contribution in [0.1, 0.15) is 45.6 Å². The maximum Gasteiger partial charge on any atom is 0.226 e. The van der Waals surface area contributed by atoms with Crippen molar-refractivity contribution in [2.24, 2.45) is 5.92 Å². The fourth-order valence-corrected chi connectivity index (χ4v) is 4.72. The van der Waals surface area contributed by atoms with E-state index in [1.807, 2.05) is 26.0 Å². The van der Waals surface area contributed by atoms with E-state index in [1.54, 1.807) is 11.3 Å². The third-order valence-corrected chi connectivity index (χ3v) is 6.27. The summed E-state index contributed by atoms with van der Waals surface area (Å²) in [5, 5.41) is 13.9. The zero-order chi connectivity index (χ0) is 18.3. The van der Waals surface area contributed by atoms with E-state index in [4.69, 9.17) is 4.74 Å². The van der Waals surface area contributed by atoms with Gasteiger partial charge < -0.3 is 15.2 Å². The van der Waals surface area contributed by atoms with Gasteiger partial charge in [0.2, 0.25) is 5.91 Å². The molecule has 2 aliphatic rings. The number of aryl methyl sites for hydroxylation is 2. The number of amides is 1. The summed E-state index contributed by atoms with van der Waals surface area (Å²) in [4.78, 5) is 18.3. The Morgan fingerprint density at radius 1 is 1.42 bits per heavy atom. The minimum Gasteiger partial charge on any atom is -0.493 e. The first-order valence-corrected chi connectivity index (χ1v) is 9.97. The summed E-state index contributed by atoms with van der Waals surface area (Å²) in [6.07, 6.45) is 2.42. The van der Waals surface area contributed by atoms with Crippen LogP contribution in [0.4, 0.5) is 0 Å². The molecule has 0 saturated heterocycles. The van der Waals surface area contributed by atoms with Gasteiger partial charge >= 0.3 is 0 Å². The summed E-state index contributed by atoms with van der Waals surface area (Å²) in [6, 6.07) is 6.12. The van der Waals surface area contributed by atoms with Crippen LogP contribution in [0.5, 0.6) is 5.75 Å². The summed E-state index contributed by atoms with van der Waals surface area (Å²) in [7, 11) is 0. The number of rotatable bonds is 5. The highest BCUT2D eigenvalue weighted by Gasteiger charge is 2.36. The number of aliphatic hydroxyl groups is 1. The molecule has 2 aromatic rings. The van der Waals surface area contributed by atoms with E-state index in [-0.39, 0.29) is 24.0 Å². The van der Waals surface area contributed by atoms with Gasteiger partial charge in [-0.25, -0.2) is 4.98 Å². The van der Waals surface area contributed by atoms with Crippen LogP contribution in [-0.2, 0) is 17.6 Å². The Hall–Kier alpha value is -1.92. The quantitative estimate of drug-likeness (QED) is 0.847. The minimum absolute atomic E-state index is 0.0125. The Labute approximate surface area is 157 Å². The fraction of sp³-hybridized carbons (Fsp3) is 0.500. The summed E-state index contributed by atoms with van der Waals surface area (Å²) in [5.74, 6) is 1.20. The van der Waals surface area contributed by atoms with Gasteiger partial charge in [-0.3, -0.25) is 4.79 Å². The van der Waals surface area contributed by atoms with Crippen molar-refractivity contribution in [3.63, 3.8) is 0 Å². The highest BCUT2D eigenvalue weighted by molar-refractivity contribution is 7.11. The van der Waals surface area contributed by atoms with Crippen molar-refractivity contribution in [1.29, 1.82) is 0 Å². The van der Waals surface area contributed by atoms with E-state index in [0.717, 1.165) is 52.8 Å². The van der Waals surface area contributed by atoms with Crippen LogP contribution < -0.4 is 10.1 Å². The molecule has 0 unspecified atom stereocenters. The number of carbonyl (C=O) groups excluding carboxylic acids is 1. The highest BCUT2D eigenvalue weighted by Crippen LogP contribution is 2.39. The fourth-order valence-electron chi connectivity index (χ4n) is 3.89. The normalized spacial score (nSPS) is 22.3. The lowest BCUT2D eigenvalue weighted by atomic mass is 9.74. The van der Waals surface area contributed by atoms with Gasteiger partial charge in [-0.1, -0.05) is 6.07 Å². The summed E-state index contributed by atoms with van der Waals surface area (Å²) in [6.45, 7) is 4.69. The third-order valence-electron chi connectivity index (χ3n) is 5.34. The maximum absolute atomic E-state index is 12.7. The number of fused-ring (bicyclic) bond motifs is 1. The molecule has 138 valence electrons. The number of hydrogen-bond acceptors (Lipinski definition) is 5. The van der Waals surface area contributed by atoms with Crippen LogP contribution in [0.3, 0.4) is 0 Å². The SMILES string of the molecule is Cc1nc(CC(=O)N[C@H](c2ccc3c(c2)CCO3)C2CC(O)C2)c(C)s1. The van der Waals surface area contributed by atoms with E-state index >= 15 is 0 Å². The van der Waals surface area contributed by atoms with Crippen molar-refractivity contribution in [2.45, 2.75) is 51.7 Å². The molecule has 2 N–H and O–H groups in total. The standard InChI is InChI=1S/C20H24N2O3S/c1-11-17(21-12(2)26-11)10-19(24)22-20(15-8-16(23)9-15)14-3-4-18-13(7-14)5-6-25-18/h3-4,7,15-16,20,23H,5-6,8-10H2,1-2H3,(H,22,24)/t15?,16?,20-/m1/s1. The average molecular weight is 372 g/mol. The molecule has 0 bridgehead atoms. The summed E-state index contributed by atoms with van der Waals surface area (Å²) < 4.78 is 5.59. The van der Waals surface area contributed by atoms with Crippen molar-refractivity contribution < 1.29 is 14.6 Å². The van der Waals surface area contributed by atoms with Gasteiger partial charge in [-0.2, -0.15) is 0 Å². The van der Waals surface area contributed by atoms with Crippen LogP contribution in [-0.4, -0.2) is 28.7 Å². The number of aromatic nitrogens is 1. The largest absolute Gasteiger partial charge is 0.493 e. The van der Waals surface area contributed by atoms with Crippen molar-refractivity contribution in [2.75, 3.05) is 6.61 Å². The van der Waals surface area contributed by atoms with Gasteiger partial charge in [0.15, 0.2) is 0 Å². The molecule has 1 saturated carbocycles. The molecule has 1 fully saturated rings. The molecule has 1 atom stereocenters. The molecule has 1 aromatic heterocycles. The molecule has 4 rings (SSSR count). The first kappa shape index (κ1) is 17.5. The van der Waals surface area contributed by atoms with Gasteiger partial charge in [-0.05, 0) is 55.9 Å². The van der Waals surface area contributed by atoms with Gasteiger partial charge in [0, 0.05) is 11.3 Å². The molecule has 5 nitrogen and oxygen atoms in total. The predicted molar refractivity (Wildman–Crippen MR) is 101 cm³/mol. The monoisotopic (exact) mass is 372 g/mol. The molecule has 0 radical (unpaired) electrons. The lowest BCUT2D eigenvalue weighted by Crippen LogP contribution is -2.42. The smallest absolute Gasteiger partial charge is 0.226 e. The molecule has 2 heterocycles. The van der Waals surface area contributed by atoms with E-state index in [0.29, 0.717) is 6.42 Å². The molecule has 6 heteroatoms. The van der Waals surface area contributed by atoms with Crippen LogP contribution in [0.2, 0.25) is 0 Å². The molecule has 1 aromatic carbocycles. The molecule has 1 aliphatic carbocycles. The second kappa shape index (κ2) is 7.00. The first-order valence-electron chi connectivity index (χ1n) is 9.15.